The van der Waals surface area contributed by atoms with Gasteiger partial charge in [-0.3, -0.25) is 4.79 Å². The summed E-state index contributed by atoms with van der Waals surface area (Å²) in [5.41, 5.74) is 1.17. The number of nitrogens with two attached hydrogens (primary N) is 1. The number of sulfone groups is 1. The van der Waals surface area contributed by atoms with Gasteiger partial charge < -0.3 is 16.2 Å². The van der Waals surface area contributed by atoms with Crippen LogP contribution in [0.3, 0.4) is 0 Å². The number of pyridine rings is 1. The number of primary amides is 1. The van der Waals surface area contributed by atoms with Gasteiger partial charge in [0.1, 0.15) is 5.82 Å². The van der Waals surface area contributed by atoms with E-state index in [4.69, 9.17) is 5.73 Å². The van der Waals surface area contributed by atoms with Crippen LogP contribution in [0.1, 0.15) is 48.3 Å². The van der Waals surface area contributed by atoms with E-state index in [1.165, 1.54) is 32.0 Å². The van der Waals surface area contributed by atoms with Crippen molar-refractivity contribution in [1.29, 1.82) is 0 Å². The van der Waals surface area contributed by atoms with Crippen molar-refractivity contribution in [1.82, 2.24) is 4.98 Å². The van der Waals surface area contributed by atoms with Gasteiger partial charge in [0, 0.05) is 30.7 Å². The van der Waals surface area contributed by atoms with Crippen molar-refractivity contribution in [3.63, 3.8) is 0 Å². The maximum Gasteiger partial charge on any atom is 0.417 e. The molecule has 1 aromatic heterocycles. The molecule has 186 valence electrons. The first-order chi connectivity index (χ1) is 15.4. The molecule has 0 saturated heterocycles. The Balaban J connectivity index is 1.91. The molecule has 0 fully saturated rings. The van der Waals surface area contributed by atoms with Crippen LogP contribution in [0.2, 0.25) is 0 Å². The van der Waals surface area contributed by atoms with Crippen LogP contribution in [-0.2, 0) is 21.7 Å². The molecule has 34 heavy (non-hydrogen) atoms. The monoisotopic (exact) mass is 503 g/mol. The number of amides is 1. The highest BCUT2D eigenvalue weighted by atomic mass is 32.2. The summed E-state index contributed by atoms with van der Waals surface area (Å²) >= 11 is 0. The standard InChI is InChI=1S/C22H25F4N3O4S/c1-20(2,15-5-4-12(23)8-14(15)19(27)30)11-21(31,22(24,25)26)10-13-9-17-16(28-13)6-7-18(29-17)34(3,32)33/h4-8,13,28,31H,9-11H2,1-3H3,(H2,27,30)/t13?,21-/m0/s1. The maximum atomic E-state index is 14.2. The largest absolute Gasteiger partial charge is 0.417 e. The smallest absolute Gasteiger partial charge is 0.380 e. The average Bonchev–Trinajstić information content (AvgIpc) is 3.06. The van der Waals surface area contributed by atoms with Gasteiger partial charge in [-0.25, -0.2) is 17.8 Å². The lowest BCUT2D eigenvalue weighted by molar-refractivity contribution is -0.270. The Morgan fingerprint density at radius 1 is 1.24 bits per heavy atom. The average molecular weight is 504 g/mol. The molecule has 1 aliphatic heterocycles. The summed E-state index contributed by atoms with van der Waals surface area (Å²) in [6.07, 6.45) is -5.70. The third kappa shape index (κ3) is 5.17. The van der Waals surface area contributed by atoms with Gasteiger partial charge in [-0.05, 0) is 41.7 Å². The number of hydrogen-bond acceptors (Lipinski definition) is 6. The molecule has 3 rings (SSSR count). The molecule has 0 bridgehead atoms. The second-order valence-electron chi connectivity index (χ2n) is 9.31. The van der Waals surface area contributed by atoms with E-state index in [2.05, 4.69) is 10.3 Å². The van der Waals surface area contributed by atoms with Crippen molar-refractivity contribution in [2.24, 2.45) is 5.73 Å². The zero-order valence-electron chi connectivity index (χ0n) is 18.7. The number of alkyl halides is 3. The highest BCUT2D eigenvalue weighted by Crippen LogP contribution is 2.45. The lowest BCUT2D eigenvalue weighted by Gasteiger charge is -2.39. The number of carbonyl (C=O) groups is 1. The Hall–Kier alpha value is -2.73. The van der Waals surface area contributed by atoms with Crippen LogP contribution in [0.5, 0.6) is 0 Å². The zero-order chi connectivity index (χ0) is 25.7. The van der Waals surface area contributed by atoms with Gasteiger partial charge >= 0.3 is 6.18 Å². The molecular weight excluding hydrogens is 478 g/mol. The van der Waals surface area contributed by atoms with Gasteiger partial charge in [0.15, 0.2) is 20.5 Å². The number of aromatic nitrogens is 1. The summed E-state index contributed by atoms with van der Waals surface area (Å²) in [6, 6.07) is 4.84. The van der Waals surface area contributed by atoms with Crippen LogP contribution >= 0.6 is 0 Å². The van der Waals surface area contributed by atoms with Crippen molar-refractivity contribution in [3.8, 4) is 0 Å². The second kappa shape index (κ2) is 8.49. The van der Waals surface area contributed by atoms with Crippen LogP contribution in [-0.4, -0.2) is 48.5 Å². The predicted molar refractivity (Wildman–Crippen MR) is 117 cm³/mol. The van der Waals surface area contributed by atoms with Gasteiger partial charge in [-0.15, -0.1) is 0 Å². The fourth-order valence-corrected chi connectivity index (χ4v) is 5.03. The highest BCUT2D eigenvalue weighted by Gasteiger charge is 2.57. The van der Waals surface area contributed by atoms with Crippen molar-refractivity contribution in [2.75, 3.05) is 11.6 Å². The van der Waals surface area contributed by atoms with Crippen LogP contribution in [0.25, 0.3) is 0 Å². The Kier molecular flexibility index (Phi) is 6.46. The van der Waals surface area contributed by atoms with Crippen molar-refractivity contribution < 1.29 is 35.9 Å². The van der Waals surface area contributed by atoms with Crippen LogP contribution < -0.4 is 11.1 Å². The van der Waals surface area contributed by atoms with E-state index in [0.717, 1.165) is 18.4 Å². The summed E-state index contributed by atoms with van der Waals surface area (Å²) < 4.78 is 79.6. The lowest BCUT2D eigenvalue weighted by Crippen LogP contribution is -2.52. The molecule has 0 radical (unpaired) electrons. The van der Waals surface area contributed by atoms with Gasteiger partial charge in [0.05, 0.1) is 11.4 Å². The number of nitrogens with zero attached hydrogens (tertiary/aromatic N) is 1. The first kappa shape index (κ1) is 25.9. The Labute approximate surface area is 194 Å². The fourth-order valence-electron chi connectivity index (χ4n) is 4.43. The van der Waals surface area contributed by atoms with Crippen LogP contribution in [0, 0.1) is 5.82 Å². The van der Waals surface area contributed by atoms with Gasteiger partial charge in [0.25, 0.3) is 0 Å². The fraction of sp³-hybridized carbons (Fsp3) is 0.455. The van der Waals surface area contributed by atoms with E-state index in [0.29, 0.717) is 5.69 Å². The highest BCUT2D eigenvalue weighted by molar-refractivity contribution is 7.90. The molecule has 7 nitrogen and oxygen atoms in total. The molecule has 12 heteroatoms. The minimum atomic E-state index is -5.04. The van der Waals surface area contributed by atoms with E-state index in [1.807, 2.05) is 0 Å². The van der Waals surface area contributed by atoms with Gasteiger partial charge in [-0.1, -0.05) is 19.9 Å². The first-order valence-corrected chi connectivity index (χ1v) is 12.2. The molecule has 1 aliphatic rings. The number of fused-ring (bicyclic) bond motifs is 1. The summed E-state index contributed by atoms with van der Waals surface area (Å²) in [5.74, 6) is -1.77. The summed E-state index contributed by atoms with van der Waals surface area (Å²) in [6.45, 7) is 2.81. The van der Waals surface area contributed by atoms with Crippen molar-refractivity contribution >= 4 is 21.4 Å². The summed E-state index contributed by atoms with van der Waals surface area (Å²) in [7, 11) is -3.60. The first-order valence-electron chi connectivity index (χ1n) is 10.3. The molecule has 1 unspecified atom stereocenters. The third-order valence-electron chi connectivity index (χ3n) is 5.95. The molecular formula is C22H25F4N3O4S. The molecule has 2 atom stereocenters. The van der Waals surface area contributed by atoms with Crippen LogP contribution in [0.15, 0.2) is 35.4 Å². The van der Waals surface area contributed by atoms with E-state index < -0.39 is 57.6 Å². The third-order valence-corrected chi connectivity index (χ3v) is 6.94. The number of hydrogen-bond donors (Lipinski definition) is 3. The van der Waals surface area contributed by atoms with Crippen LogP contribution in [0.4, 0.5) is 23.2 Å². The molecule has 0 spiro atoms. The minimum absolute atomic E-state index is 0.0272. The number of aliphatic hydroxyl groups is 1. The van der Waals surface area contributed by atoms with Crippen molar-refractivity contribution in [3.05, 3.63) is 53.0 Å². The molecule has 2 aromatic rings. The normalized spacial score (nSPS) is 18.2. The zero-order valence-corrected chi connectivity index (χ0v) is 19.5. The number of anilines is 1. The lowest BCUT2D eigenvalue weighted by atomic mass is 9.71. The van der Waals surface area contributed by atoms with Gasteiger partial charge in [0.2, 0.25) is 5.91 Å². The van der Waals surface area contributed by atoms with E-state index >= 15 is 0 Å². The predicted octanol–water partition coefficient (Wildman–Crippen LogP) is 3.11. The van der Waals surface area contributed by atoms with Gasteiger partial charge in [-0.2, -0.15) is 13.2 Å². The molecule has 0 aliphatic carbocycles. The number of rotatable bonds is 7. The van der Waals surface area contributed by atoms with E-state index in [9.17, 15) is 35.9 Å². The molecule has 1 amide bonds. The Morgan fingerprint density at radius 3 is 2.44 bits per heavy atom. The van der Waals surface area contributed by atoms with Crippen molar-refractivity contribution in [2.45, 2.75) is 61.4 Å². The molecule has 2 heterocycles. The Bertz CT molecular complexity index is 1230. The maximum absolute atomic E-state index is 14.2. The summed E-state index contributed by atoms with van der Waals surface area (Å²) in [5, 5.41) is 13.5. The summed E-state index contributed by atoms with van der Waals surface area (Å²) in [4.78, 5) is 15.8. The number of benzene rings is 1. The Morgan fingerprint density at radius 2 is 1.88 bits per heavy atom. The molecule has 4 N–H and O–H groups in total. The molecule has 0 saturated carbocycles. The topological polar surface area (TPSA) is 122 Å². The minimum Gasteiger partial charge on any atom is -0.380 e. The van der Waals surface area contributed by atoms with E-state index in [-0.39, 0.29) is 28.3 Å². The number of nitrogens with one attached hydrogen (secondary N) is 1. The van der Waals surface area contributed by atoms with E-state index in [1.54, 1.807) is 0 Å². The number of carbonyl (C=O) groups excluding carboxylic acids is 1. The second-order valence-corrected chi connectivity index (χ2v) is 11.3. The molecule has 1 aromatic carbocycles. The quantitative estimate of drug-likeness (QED) is 0.499. The SMILES string of the molecule is CC(C)(C[C@@](O)(CC1Cc2nc(S(C)(=O)=O)ccc2N1)C(F)(F)F)c1ccc(F)cc1C(N)=O. The number of halogens is 4.